The predicted octanol–water partition coefficient (Wildman–Crippen LogP) is 3.64. The molecule has 1 aliphatic carbocycles. The lowest BCUT2D eigenvalue weighted by Gasteiger charge is -2.48. The normalized spacial score (nSPS) is 26.4. The molecule has 2 fully saturated rings. The second kappa shape index (κ2) is 7.91. The van der Waals surface area contributed by atoms with Crippen LogP contribution in [0.15, 0.2) is 36.5 Å². The Morgan fingerprint density at radius 2 is 2.04 bits per heavy atom. The van der Waals surface area contributed by atoms with Gasteiger partial charge in [0, 0.05) is 25.7 Å². The largest absolute Gasteiger partial charge is 0.336 e. The van der Waals surface area contributed by atoms with Crippen molar-refractivity contribution in [3.05, 3.63) is 42.2 Å². The molecule has 1 spiro atoms. The van der Waals surface area contributed by atoms with Crippen molar-refractivity contribution in [3.63, 3.8) is 0 Å². The predicted molar refractivity (Wildman–Crippen MR) is 103 cm³/mol. The highest BCUT2D eigenvalue weighted by Crippen LogP contribution is 2.41. The second-order valence-corrected chi connectivity index (χ2v) is 8.52. The molecule has 1 unspecified atom stereocenters. The van der Waals surface area contributed by atoms with Crippen molar-refractivity contribution in [1.29, 1.82) is 0 Å². The topological polar surface area (TPSA) is 36.4 Å². The highest BCUT2D eigenvalue weighted by Gasteiger charge is 2.41. The third kappa shape index (κ3) is 4.17. The van der Waals surface area contributed by atoms with E-state index in [4.69, 9.17) is 0 Å². The highest BCUT2D eigenvalue weighted by molar-refractivity contribution is 5.77. The molecule has 1 aromatic rings. The minimum Gasteiger partial charge on any atom is -0.336 e. The zero-order valence-corrected chi connectivity index (χ0v) is 15.8. The first-order valence-electron chi connectivity index (χ1n) is 10.3. The minimum atomic E-state index is 0.303. The number of amides is 1. The van der Waals surface area contributed by atoms with Gasteiger partial charge in [-0.15, -0.1) is 0 Å². The SMILES string of the molecule is O=C1CCC2(CCN(CC3CC=CCC3)CC2)CN1Cc1ccccn1. The number of allylic oxidation sites excluding steroid dienone is 2. The highest BCUT2D eigenvalue weighted by atomic mass is 16.2. The number of hydrogen-bond donors (Lipinski definition) is 0. The molecule has 4 rings (SSSR count). The maximum atomic E-state index is 12.4. The van der Waals surface area contributed by atoms with Crippen molar-refractivity contribution in [2.24, 2.45) is 11.3 Å². The fraction of sp³-hybridized carbons (Fsp3) is 0.636. The maximum Gasteiger partial charge on any atom is 0.222 e. The average molecular weight is 354 g/mol. The molecule has 26 heavy (non-hydrogen) atoms. The van der Waals surface area contributed by atoms with Gasteiger partial charge in [0.05, 0.1) is 12.2 Å². The van der Waals surface area contributed by atoms with Crippen LogP contribution < -0.4 is 0 Å². The number of nitrogens with zero attached hydrogens (tertiary/aromatic N) is 3. The van der Waals surface area contributed by atoms with E-state index >= 15 is 0 Å². The number of pyridine rings is 1. The molecule has 0 radical (unpaired) electrons. The summed E-state index contributed by atoms with van der Waals surface area (Å²) in [5.41, 5.74) is 1.34. The molecule has 1 aromatic heterocycles. The van der Waals surface area contributed by atoms with Crippen molar-refractivity contribution in [2.75, 3.05) is 26.2 Å². The van der Waals surface area contributed by atoms with E-state index < -0.39 is 0 Å². The van der Waals surface area contributed by atoms with Crippen LogP contribution in [0.25, 0.3) is 0 Å². The third-order valence-electron chi connectivity index (χ3n) is 6.64. The van der Waals surface area contributed by atoms with Gasteiger partial charge in [0.1, 0.15) is 0 Å². The molecule has 2 aliphatic heterocycles. The van der Waals surface area contributed by atoms with Gasteiger partial charge in [0.15, 0.2) is 0 Å². The standard InChI is InChI=1S/C22H31N3O/c26-21-9-10-22(18-25(21)17-20-8-4-5-13-23-20)11-14-24(15-12-22)16-19-6-2-1-3-7-19/h1-2,4-5,8,13,19H,3,6-7,9-12,14-18H2. The van der Waals surface area contributed by atoms with Gasteiger partial charge < -0.3 is 9.80 Å². The van der Waals surface area contributed by atoms with Crippen LogP contribution >= 0.6 is 0 Å². The van der Waals surface area contributed by atoms with Gasteiger partial charge in [-0.05, 0) is 75.1 Å². The summed E-state index contributed by atoms with van der Waals surface area (Å²) in [5, 5.41) is 0. The van der Waals surface area contributed by atoms with Crippen LogP contribution in [0.4, 0.5) is 0 Å². The van der Waals surface area contributed by atoms with Crippen LogP contribution in [-0.4, -0.2) is 46.9 Å². The van der Waals surface area contributed by atoms with Crippen LogP contribution in [-0.2, 0) is 11.3 Å². The van der Waals surface area contributed by atoms with Crippen molar-refractivity contribution in [3.8, 4) is 0 Å². The molecule has 140 valence electrons. The Bertz CT molecular complexity index is 634. The maximum absolute atomic E-state index is 12.4. The number of likely N-dealkylation sites (tertiary alicyclic amines) is 2. The number of rotatable bonds is 4. The van der Waals surface area contributed by atoms with E-state index in [0.717, 1.165) is 24.6 Å². The summed E-state index contributed by atoms with van der Waals surface area (Å²) < 4.78 is 0. The molecule has 4 heteroatoms. The Kier molecular flexibility index (Phi) is 5.39. The first-order chi connectivity index (χ1) is 12.7. The Morgan fingerprint density at radius 3 is 2.77 bits per heavy atom. The van der Waals surface area contributed by atoms with E-state index in [9.17, 15) is 4.79 Å². The first kappa shape index (κ1) is 17.7. The van der Waals surface area contributed by atoms with Gasteiger partial charge in [-0.25, -0.2) is 0 Å². The minimum absolute atomic E-state index is 0.303. The first-order valence-corrected chi connectivity index (χ1v) is 10.3. The van der Waals surface area contributed by atoms with Crippen LogP contribution in [0.2, 0.25) is 0 Å². The Labute approximate surface area is 157 Å². The zero-order chi connectivity index (χ0) is 17.8. The summed E-state index contributed by atoms with van der Waals surface area (Å²) in [6.07, 6.45) is 14.6. The Morgan fingerprint density at radius 1 is 1.15 bits per heavy atom. The number of piperidine rings is 2. The molecule has 3 aliphatic rings. The van der Waals surface area contributed by atoms with Crippen LogP contribution in [0.3, 0.4) is 0 Å². The molecule has 0 bridgehead atoms. The summed E-state index contributed by atoms with van der Waals surface area (Å²) in [6, 6.07) is 5.96. The van der Waals surface area contributed by atoms with Crippen molar-refractivity contribution in [2.45, 2.75) is 51.5 Å². The quantitative estimate of drug-likeness (QED) is 0.776. The molecular formula is C22H31N3O. The summed E-state index contributed by atoms with van der Waals surface area (Å²) in [5.74, 6) is 1.15. The molecular weight excluding hydrogens is 322 g/mol. The Balaban J connectivity index is 1.32. The Hall–Kier alpha value is -1.68. The van der Waals surface area contributed by atoms with Crippen molar-refractivity contribution >= 4 is 5.91 Å². The van der Waals surface area contributed by atoms with Crippen LogP contribution in [0.5, 0.6) is 0 Å². The lowest BCUT2D eigenvalue weighted by atomic mass is 9.72. The van der Waals surface area contributed by atoms with E-state index in [1.807, 2.05) is 24.4 Å². The second-order valence-electron chi connectivity index (χ2n) is 8.52. The fourth-order valence-corrected chi connectivity index (χ4v) is 4.94. The number of carbonyl (C=O) groups excluding carboxylic acids is 1. The van der Waals surface area contributed by atoms with E-state index in [-0.39, 0.29) is 0 Å². The van der Waals surface area contributed by atoms with E-state index in [1.54, 1.807) is 0 Å². The summed E-state index contributed by atoms with van der Waals surface area (Å²) in [7, 11) is 0. The third-order valence-corrected chi connectivity index (χ3v) is 6.64. The van der Waals surface area contributed by atoms with Gasteiger partial charge in [0.25, 0.3) is 0 Å². The van der Waals surface area contributed by atoms with Gasteiger partial charge >= 0.3 is 0 Å². The molecule has 0 N–H and O–H groups in total. The molecule has 4 nitrogen and oxygen atoms in total. The number of hydrogen-bond acceptors (Lipinski definition) is 3. The monoisotopic (exact) mass is 353 g/mol. The summed E-state index contributed by atoms with van der Waals surface area (Å²) in [4.78, 5) is 21.6. The van der Waals surface area contributed by atoms with Gasteiger partial charge in [0.2, 0.25) is 5.91 Å². The van der Waals surface area contributed by atoms with Crippen LogP contribution in [0, 0.1) is 11.3 Å². The smallest absolute Gasteiger partial charge is 0.222 e. The van der Waals surface area contributed by atoms with Crippen LogP contribution in [0.1, 0.15) is 50.6 Å². The molecule has 0 saturated carbocycles. The van der Waals surface area contributed by atoms with Gasteiger partial charge in [-0.2, -0.15) is 0 Å². The lowest BCUT2D eigenvalue weighted by molar-refractivity contribution is -0.140. The number of carbonyl (C=O) groups is 1. The molecule has 1 atom stereocenters. The average Bonchev–Trinajstić information content (AvgIpc) is 2.69. The molecule has 1 amide bonds. The summed E-state index contributed by atoms with van der Waals surface area (Å²) >= 11 is 0. The van der Waals surface area contributed by atoms with Gasteiger partial charge in [-0.1, -0.05) is 18.2 Å². The zero-order valence-electron chi connectivity index (χ0n) is 15.8. The molecule has 3 heterocycles. The molecule has 2 saturated heterocycles. The molecule has 0 aromatic carbocycles. The summed E-state index contributed by atoms with van der Waals surface area (Å²) in [6.45, 7) is 5.25. The van der Waals surface area contributed by atoms with E-state index in [0.29, 0.717) is 24.3 Å². The number of aromatic nitrogens is 1. The van der Waals surface area contributed by atoms with Crippen molar-refractivity contribution in [1.82, 2.24) is 14.8 Å². The van der Waals surface area contributed by atoms with Gasteiger partial charge in [-0.3, -0.25) is 9.78 Å². The fourth-order valence-electron chi connectivity index (χ4n) is 4.94. The van der Waals surface area contributed by atoms with E-state index in [2.05, 4.69) is 26.9 Å². The lowest BCUT2D eigenvalue weighted by Crippen LogP contribution is -2.51. The van der Waals surface area contributed by atoms with E-state index in [1.165, 1.54) is 51.7 Å². The van der Waals surface area contributed by atoms with Crippen molar-refractivity contribution < 1.29 is 4.79 Å².